The van der Waals surface area contributed by atoms with Gasteiger partial charge in [-0.1, -0.05) is 100 Å². The van der Waals surface area contributed by atoms with E-state index in [0.717, 1.165) is 24.8 Å². The molecular weight excluding hydrogens is 497 g/mol. The predicted octanol–water partition coefficient (Wildman–Crippen LogP) is 9.76. The van der Waals surface area contributed by atoms with Crippen LogP contribution in [0.4, 0.5) is 13.2 Å². The predicted molar refractivity (Wildman–Crippen MR) is 152 cm³/mol. The Labute approximate surface area is 230 Å². The van der Waals surface area contributed by atoms with Crippen molar-refractivity contribution >= 4 is 0 Å². The second-order valence-electron chi connectivity index (χ2n) is 10.3. The van der Waals surface area contributed by atoms with Crippen LogP contribution in [0.1, 0.15) is 75.8 Å². The molecule has 1 fully saturated rings. The van der Waals surface area contributed by atoms with Gasteiger partial charge in [0.25, 0.3) is 0 Å². The van der Waals surface area contributed by atoms with Crippen molar-refractivity contribution in [1.82, 2.24) is 0 Å². The van der Waals surface area contributed by atoms with Crippen molar-refractivity contribution in [3.8, 4) is 22.3 Å². The molecule has 0 aromatic heterocycles. The molecule has 0 spiro atoms. The average molecular weight is 537 g/mol. The van der Waals surface area contributed by atoms with Gasteiger partial charge < -0.3 is 9.47 Å². The zero-order valence-corrected chi connectivity index (χ0v) is 23.0. The third kappa shape index (κ3) is 7.61. The standard InChI is InChI=1S/C34H39F3O2/c1-3-5-6-7-8-9-10-12-26-17-20-30(34(37)33(26)36)25-15-13-24(14-16-25)27-18-19-29(31(35)21-27)28-22-38-32(11-4-2)39-23-28/h4,11,13-21,28,32H,3,5-10,12,22-23H2,1-2H3/b11-4+. The molecule has 0 atom stereocenters. The van der Waals surface area contributed by atoms with Crippen molar-refractivity contribution in [2.24, 2.45) is 0 Å². The van der Waals surface area contributed by atoms with Gasteiger partial charge in [0.15, 0.2) is 17.9 Å². The monoisotopic (exact) mass is 536 g/mol. The van der Waals surface area contributed by atoms with E-state index in [1.54, 1.807) is 30.3 Å². The number of unbranched alkanes of at least 4 members (excludes halogenated alkanes) is 6. The molecule has 0 radical (unpaired) electrons. The van der Waals surface area contributed by atoms with Crippen LogP contribution in [-0.2, 0) is 15.9 Å². The molecule has 1 heterocycles. The number of aryl methyl sites for hydroxylation is 1. The first-order valence-electron chi connectivity index (χ1n) is 14.2. The minimum absolute atomic E-state index is 0.172. The topological polar surface area (TPSA) is 18.5 Å². The highest BCUT2D eigenvalue weighted by molar-refractivity contribution is 5.71. The molecule has 0 aliphatic carbocycles. The summed E-state index contributed by atoms with van der Waals surface area (Å²) in [6.45, 7) is 4.87. The van der Waals surface area contributed by atoms with Gasteiger partial charge in [-0.05, 0) is 59.7 Å². The molecule has 39 heavy (non-hydrogen) atoms. The molecular formula is C34H39F3O2. The minimum atomic E-state index is -0.813. The van der Waals surface area contributed by atoms with Crippen LogP contribution in [0.15, 0.2) is 66.7 Å². The molecule has 4 rings (SSSR count). The van der Waals surface area contributed by atoms with Gasteiger partial charge >= 0.3 is 0 Å². The van der Waals surface area contributed by atoms with Gasteiger partial charge in [-0.2, -0.15) is 0 Å². The lowest BCUT2D eigenvalue weighted by Crippen LogP contribution is -2.29. The number of rotatable bonds is 12. The number of halogens is 3. The van der Waals surface area contributed by atoms with Gasteiger partial charge in [0.05, 0.1) is 13.2 Å². The van der Waals surface area contributed by atoms with Crippen LogP contribution in [0.2, 0.25) is 0 Å². The first-order chi connectivity index (χ1) is 19.0. The van der Waals surface area contributed by atoms with E-state index in [1.807, 2.05) is 37.3 Å². The molecule has 0 saturated carbocycles. The molecule has 0 unspecified atom stereocenters. The third-order valence-electron chi connectivity index (χ3n) is 7.45. The summed E-state index contributed by atoms with van der Waals surface area (Å²) in [5, 5.41) is 0. The van der Waals surface area contributed by atoms with Gasteiger partial charge in [-0.3, -0.25) is 0 Å². The van der Waals surface area contributed by atoms with Crippen molar-refractivity contribution in [1.29, 1.82) is 0 Å². The summed E-state index contributed by atoms with van der Waals surface area (Å²) < 4.78 is 56.1. The smallest absolute Gasteiger partial charge is 0.176 e. The third-order valence-corrected chi connectivity index (χ3v) is 7.45. The summed E-state index contributed by atoms with van der Waals surface area (Å²) in [6.07, 6.45) is 11.8. The molecule has 1 aliphatic heterocycles. The Morgan fingerprint density at radius 1 is 0.744 bits per heavy atom. The van der Waals surface area contributed by atoms with E-state index in [4.69, 9.17) is 9.47 Å². The van der Waals surface area contributed by atoms with Crippen molar-refractivity contribution in [2.45, 2.75) is 77.4 Å². The van der Waals surface area contributed by atoms with Gasteiger partial charge in [-0.15, -0.1) is 0 Å². The first-order valence-corrected chi connectivity index (χ1v) is 14.2. The van der Waals surface area contributed by atoms with Crippen molar-refractivity contribution in [2.75, 3.05) is 13.2 Å². The van der Waals surface area contributed by atoms with E-state index in [-0.39, 0.29) is 23.6 Å². The van der Waals surface area contributed by atoms with Crippen LogP contribution >= 0.6 is 0 Å². The van der Waals surface area contributed by atoms with Gasteiger partial charge in [0, 0.05) is 11.5 Å². The summed E-state index contributed by atoms with van der Waals surface area (Å²) in [5.74, 6) is -2.06. The molecule has 3 aromatic carbocycles. The Morgan fingerprint density at radius 2 is 1.38 bits per heavy atom. The number of hydrogen-bond donors (Lipinski definition) is 0. The summed E-state index contributed by atoms with van der Waals surface area (Å²) in [7, 11) is 0. The summed E-state index contributed by atoms with van der Waals surface area (Å²) in [4.78, 5) is 0. The molecule has 1 saturated heterocycles. The Balaban J connectivity index is 1.38. The quantitative estimate of drug-likeness (QED) is 0.169. The van der Waals surface area contributed by atoms with Gasteiger partial charge in [-0.25, -0.2) is 13.2 Å². The first kappa shape index (κ1) is 29.1. The largest absolute Gasteiger partial charge is 0.348 e. The van der Waals surface area contributed by atoms with Crippen molar-refractivity contribution in [3.63, 3.8) is 0 Å². The highest BCUT2D eigenvalue weighted by Gasteiger charge is 2.24. The molecule has 208 valence electrons. The lowest BCUT2D eigenvalue weighted by atomic mass is 9.94. The minimum Gasteiger partial charge on any atom is -0.348 e. The fourth-order valence-corrected chi connectivity index (χ4v) is 5.12. The molecule has 0 bridgehead atoms. The summed E-state index contributed by atoms with van der Waals surface area (Å²) in [5.41, 5.74) is 3.32. The Bertz CT molecular complexity index is 1230. The molecule has 5 heteroatoms. The zero-order valence-electron chi connectivity index (χ0n) is 23.0. The molecule has 0 amide bonds. The van der Waals surface area contributed by atoms with Crippen LogP contribution in [0.3, 0.4) is 0 Å². The zero-order chi connectivity index (χ0) is 27.6. The van der Waals surface area contributed by atoms with Crippen molar-refractivity contribution < 1.29 is 22.6 Å². The maximum atomic E-state index is 15.0. The molecule has 2 nitrogen and oxygen atoms in total. The van der Waals surface area contributed by atoms with Crippen LogP contribution < -0.4 is 0 Å². The highest BCUT2D eigenvalue weighted by Crippen LogP contribution is 2.32. The van der Waals surface area contributed by atoms with Crippen LogP contribution in [0.25, 0.3) is 22.3 Å². The summed E-state index contributed by atoms with van der Waals surface area (Å²) >= 11 is 0. The number of benzene rings is 3. The van der Waals surface area contributed by atoms with E-state index >= 15 is 4.39 Å². The molecule has 1 aliphatic rings. The number of allylic oxidation sites excluding steroid dienone is 1. The van der Waals surface area contributed by atoms with E-state index in [1.165, 1.54) is 31.7 Å². The maximum absolute atomic E-state index is 15.0. The normalized spacial score (nSPS) is 17.7. The second-order valence-corrected chi connectivity index (χ2v) is 10.3. The van der Waals surface area contributed by atoms with E-state index in [0.29, 0.717) is 41.9 Å². The van der Waals surface area contributed by atoms with Crippen molar-refractivity contribution in [3.05, 3.63) is 95.3 Å². The van der Waals surface area contributed by atoms with E-state index < -0.39 is 11.6 Å². The number of hydrogen-bond acceptors (Lipinski definition) is 2. The van der Waals surface area contributed by atoms with E-state index in [2.05, 4.69) is 6.92 Å². The Morgan fingerprint density at radius 3 is 2.05 bits per heavy atom. The maximum Gasteiger partial charge on any atom is 0.176 e. The molecule has 3 aromatic rings. The lowest BCUT2D eigenvalue weighted by Gasteiger charge is -2.28. The summed E-state index contributed by atoms with van der Waals surface area (Å²) in [6, 6.07) is 15.6. The van der Waals surface area contributed by atoms with Crippen LogP contribution in [0, 0.1) is 17.5 Å². The lowest BCUT2D eigenvalue weighted by molar-refractivity contribution is -0.159. The average Bonchev–Trinajstić information content (AvgIpc) is 2.95. The SMILES string of the molecule is C/C=C/C1OCC(c2ccc(-c3ccc(-c4ccc(CCCCCCCCC)c(F)c4F)cc3)cc2F)CO1. The fourth-order valence-electron chi connectivity index (χ4n) is 5.12. The van der Waals surface area contributed by atoms with Crippen LogP contribution in [-0.4, -0.2) is 19.5 Å². The molecule has 0 N–H and O–H groups in total. The van der Waals surface area contributed by atoms with Gasteiger partial charge in [0.1, 0.15) is 5.82 Å². The van der Waals surface area contributed by atoms with Gasteiger partial charge in [0.2, 0.25) is 0 Å². The van der Waals surface area contributed by atoms with Crippen LogP contribution in [0.5, 0.6) is 0 Å². The second kappa shape index (κ2) is 14.5. The van der Waals surface area contributed by atoms with E-state index in [9.17, 15) is 8.78 Å². The fraction of sp³-hybridized carbons (Fsp3) is 0.412. The highest BCUT2D eigenvalue weighted by atomic mass is 19.2. The Kier molecular flexibility index (Phi) is 10.8. The Hall–Kier alpha value is -2.89. The number of ether oxygens (including phenoxy) is 2.